The number of alkyl halides is 2. The zero-order valence-electron chi connectivity index (χ0n) is 11.3. The van der Waals surface area contributed by atoms with E-state index in [1.807, 2.05) is 0 Å². The SMILES string of the molecule is O=[N+]([O-])c1ccc(NC2C3C4CCC(C4)C23)c(C(F)F)c1. The largest absolute Gasteiger partial charge is 0.381 e. The van der Waals surface area contributed by atoms with E-state index in [0.717, 1.165) is 17.9 Å². The lowest BCUT2D eigenvalue weighted by atomic mass is 10.0. The third-order valence-electron chi connectivity index (χ3n) is 5.54. The number of fused-ring (bicyclic) bond motifs is 5. The molecule has 0 radical (unpaired) electrons. The van der Waals surface area contributed by atoms with Crippen LogP contribution in [-0.2, 0) is 0 Å². The number of hydrogen-bond acceptors (Lipinski definition) is 3. The van der Waals surface area contributed by atoms with E-state index in [2.05, 4.69) is 5.32 Å². The first kappa shape index (κ1) is 13.0. The number of halogens is 2. The maximum Gasteiger partial charge on any atom is 0.270 e. The summed E-state index contributed by atoms with van der Waals surface area (Å²) in [5.74, 6) is 2.77. The summed E-state index contributed by atoms with van der Waals surface area (Å²) in [5, 5.41) is 13.9. The van der Waals surface area contributed by atoms with Gasteiger partial charge in [-0.2, -0.15) is 0 Å². The summed E-state index contributed by atoms with van der Waals surface area (Å²) < 4.78 is 26.3. The minimum absolute atomic E-state index is 0.262. The minimum atomic E-state index is -2.71. The van der Waals surface area contributed by atoms with Crippen LogP contribution < -0.4 is 5.32 Å². The molecule has 4 unspecified atom stereocenters. The Bertz CT molecular complexity index is 591. The Kier molecular flexibility index (Phi) is 2.71. The monoisotopic (exact) mass is 294 g/mol. The molecule has 0 aliphatic heterocycles. The Morgan fingerprint density at radius 2 is 1.90 bits per heavy atom. The van der Waals surface area contributed by atoms with Crippen LogP contribution in [0.2, 0.25) is 0 Å². The second-order valence-electron chi connectivity index (χ2n) is 6.49. The van der Waals surface area contributed by atoms with Crippen molar-refractivity contribution >= 4 is 11.4 Å². The number of nitro groups is 1. The number of non-ortho nitro benzene ring substituents is 1. The van der Waals surface area contributed by atoms with E-state index < -0.39 is 11.3 Å². The second-order valence-corrected chi connectivity index (χ2v) is 6.49. The molecule has 0 amide bonds. The molecule has 1 N–H and O–H groups in total. The molecule has 21 heavy (non-hydrogen) atoms. The van der Waals surface area contributed by atoms with Gasteiger partial charge in [-0.05, 0) is 49.0 Å². The average Bonchev–Trinajstić information content (AvgIpc) is 2.83. The molecule has 3 saturated carbocycles. The predicted molar refractivity (Wildman–Crippen MR) is 73.3 cm³/mol. The lowest BCUT2D eigenvalue weighted by Crippen LogP contribution is -2.14. The Hall–Kier alpha value is -1.72. The number of nitrogens with one attached hydrogen (secondary N) is 1. The molecule has 6 heteroatoms. The summed E-state index contributed by atoms with van der Waals surface area (Å²) in [6, 6.07) is 3.99. The Balaban J connectivity index is 1.57. The predicted octanol–water partition coefficient (Wildman–Crippen LogP) is 3.99. The van der Waals surface area contributed by atoms with Crippen LogP contribution in [0.3, 0.4) is 0 Å². The standard InChI is InChI=1S/C15H16F2N2O2/c16-15(17)10-6-9(19(20)21)3-4-11(10)18-14-12-7-1-2-8(5-7)13(12)14/h3-4,6-8,12-15,18H,1-2,5H2. The summed E-state index contributed by atoms with van der Waals surface area (Å²) in [5.41, 5.74) is -0.192. The van der Waals surface area contributed by atoms with Crippen molar-refractivity contribution in [2.24, 2.45) is 23.7 Å². The van der Waals surface area contributed by atoms with Crippen molar-refractivity contribution in [2.45, 2.75) is 31.7 Å². The van der Waals surface area contributed by atoms with Gasteiger partial charge in [-0.15, -0.1) is 0 Å². The number of anilines is 1. The fraction of sp³-hybridized carbons (Fsp3) is 0.600. The molecule has 3 fully saturated rings. The number of nitro benzene ring substituents is 1. The molecule has 0 spiro atoms. The van der Waals surface area contributed by atoms with Gasteiger partial charge in [0.15, 0.2) is 0 Å². The molecular weight excluding hydrogens is 278 g/mol. The summed E-state index contributed by atoms with van der Waals surface area (Å²) >= 11 is 0. The van der Waals surface area contributed by atoms with Crippen LogP contribution in [0.25, 0.3) is 0 Å². The summed E-state index contributed by atoms with van der Waals surface area (Å²) in [6.07, 6.45) is 1.13. The molecular formula is C15H16F2N2O2. The molecule has 0 heterocycles. The van der Waals surface area contributed by atoms with E-state index in [-0.39, 0.29) is 17.3 Å². The van der Waals surface area contributed by atoms with E-state index in [1.54, 1.807) is 0 Å². The molecule has 112 valence electrons. The van der Waals surface area contributed by atoms with Crippen molar-refractivity contribution in [3.8, 4) is 0 Å². The van der Waals surface area contributed by atoms with Gasteiger partial charge in [-0.25, -0.2) is 8.78 Å². The zero-order valence-corrected chi connectivity index (χ0v) is 11.3. The number of rotatable bonds is 4. The van der Waals surface area contributed by atoms with Gasteiger partial charge in [0.2, 0.25) is 0 Å². The van der Waals surface area contributed by atoms with E-state index in [0.29, 0.717) is 17.5 Å². The molecule has 1 aromatic carbocycles. The topological polar surface area (TPSA) is 55.2 Å². The first-order chi connectivity index (χ1) is 10.1. The van der Waals surface area contributed by atoms with Gasteiger partial charge >= 0.3 is 0 Å². The highest BCUT2D eigenvalue weighted by Crippen LogP contribution is 2.66. The van der Waals surface area contributed by atoms with Gasteiger partial charge in [0, 0.05) is 29.4 Å². The maximum atomic E-state index is 13.1. The highest BCUT2D eigenvalue weighted by atomic mass is 19.3. The van der Waals surface area contributed by atoms with Crippen LogP contribution in [0.1, 0.15) is 31.3 Å². The first-order valence-electron chi connectivity index (χ1n) is 7.39. The van der Waals surface area contributed by atoms with Crippen molar-refractivity contribution in [1.82, 2.24) is 0 Å². The van der Waals surface area contributed by atoms with Gasteiger partial charge < -0.3 is 5.32 Å². The van der Waals surface area contributed by atoms with Gasteiger partial charge in [0.1, 0.15) is 0 Å². The van der Waals surface area contributed by atoms with Crippen molar-refractivity contribution in [3.05, 3.63) is 33.9 Å². The van der Waals surface area contributed by atoms with E-state index >= 15 is 0 Å². The smallest absolute Gasteiger partial charge is 0.270 e. The third kappa shape index (κ3) is 1.92. The van der Waals surface area contributed by atoms with Crippen molar-refractivity contribution in [2.75, 3.05) is 5.32 Å². The summed E-state index contributed by atoms with van der Waals surface area (Å²) in [7, 11) is 0. The molecule has 0 saturated heterocycles. The second kappa shape index (κ2) is 4.39. The van der Waals surface area contributed by atoms with Crippen LogP contribution in [-0.4, -0.2) is 11.0 Å². The van der Waals surface area contributed by atoms with Gasteiger partial charge in [0.25, 0.3) is 12.1 Å². The van der Waals surface area contributed by atoms with E-state index in [4.69, 9.17) is 0 Å². The maximum absolute atomic E-state index is 13.1. The summed E-state index contributed by atoms with van der Waals surface area (Å²) in [6.45, 7) is 0. The van der Waals surface area contributed by atoms with Gasteiger partial charge in [-0.1, -0.05) is 0 Å². The van der Waals surface area contributed by atoms with Gasteiger partial charge in [0.05, 0.1) is 4.92 Å². The van der Waals surface area contributed by atoms with Crippen LogP contribution in [0, 0.1) is 33.8 Å². The third-order valence-corrected chi connectivity index (χ3v) is 5.54. The highest BCUT2D eigenvalue weighted by Gasteiger charge is 2.65. The minimum Gasteiger partial charge on any atom is -0.381 e. The summed E-state index contributed by atoms with van der Waals surface area (Å²) in [4.78, 5) is 10.1. The first-order valence-corrected chi connectivity index (χ1v) is 7.39. The number of nitrogens with zero attached hydrogens (tertiary/aromatic N) is 1. The van der Waals surface area contributed by atoms with E-state index in [1.165, 1.54) is 31.4 Å². The molecule has 3 aliphatic carbocycles. The fourth-order valence-electron chi connectivity index (χ4n) is 4.67. The highest BCUT2D eigenvalue weighted by molar-refractivity contribution is 5.58. The van der Waals surface area contributed by atoms with Crippen LogP contribution >= 0.6 is 0 Å². The van der Waals surface area contributed by atoms with Crippen LogP contribution in [0.4, 0.5) is 20.2 Å². The number of hydrogen-bond donors (Lipinski definition) is 1. The Morgan fingerprint density at radius 3 is 2.48 bits per heavy atom. The normalized spacial score (nSPS) is 35.9. The molecule has 1 aromatic rings. The van der Waals surface area contributed by atoms with Crippen LogP contribution in [0.15, 0.2) is 18.2 Å². The molecule has 4 rings (SSSR count). The quantitative estimate of drug-likeness (QED) is 0.675. The van der Waals surface area contributed by atoms with Crippen LogP contribution in [0.5, 0.6) is 0 Å². The molecule has 0 aromatic heterocycles. The van der Waals surface area contributed by atoms with E-state index in [9.17, 15) is 18.9 Å². The van der Waals surface area contributed by atoms with Crippen molar-refractivity contribution in [1.29, 1.82) is 0 Å². The molecule has 2 bridgehead atoms. The van der Waals surface area contributed by atoms with Crippen molar-refractivity contribution < 1.29 is 13.7 Å². The molecule has 3 aliphatic rings. The lowest BCUT2D eigenvalue weighted by Gasteiger charge is -2.15. The van der Waals surface area contributed by atoms with Gasteiger partial charge in [-0.3, -0.25) is 10.1 Å². The van der Waals surface area contributed by atoms with Crippen molar-refractivity contribution in [3.63, 3.8) is 0 Å². The number of benzene rings is 1. The lowest BCUT2D eigenvalue weighted by molar-refractivity contribution is -0.385. The average molecular weight is 294 g/mol. The Labute approximate surface area is 120 Å². The molecule has 4 atom stereocenters. The molecule has 4 nitrogen and oxygen atoms in total. The zero-order chi connectivity index (χ0) is 14.7. The Morgan fingerprint density at radius 1 is 1.24 bits per heavy atom. The fourth-order valence-corrected chi connectivity index (χ4v) is 4.67.